The van der Waals surface area contributed by atoms with Crippen molar-refractivity contribution in [3.63, 3.8) is 0 Å². The highest BCUT2D eigenvalue weighted by molar-refractivity contribution is 5.87. The minimum absolute atomic E-state index is 0.0289. The Morgan fingerprint density at radius 2 is 2.00 bits per heavy atom. The molecule has 114 valence electrons. The zero-order valence-corrected chi connectivity index (χ0v) is 12.6. The smallest absolute Gasteiger partial charge is 0.243 e. The summed E-state index contributed by atoms with van der Waals surface area (Å²) in [5.74, 6) is 0.607. The first-order chi connectivity index (χ1) is 10.3. The normalized spacial score (nSPS) is 16.2. The van der Waals surface area contributed by atoms with E-state index in [1.807, 2.05) is 12.1 Å². The summed E-state index contributed by atoms with van der Waals surface area (Å²) in [6.45, 7) is 2.43. The quantitative estimate of drug-likeness (QED) is 0.618. The van der Waals surface area contributed by atoms with Crippen LogP contribution in [0, 0.1) is 5.92 Å². The summed E-state index contributed by atoms with van der Waals surface area (Å²) < 4.78 is 5.31. The van der Waals surface area contributed by atoms with Gasteiger partial charge in [0.05, 0.1) is 0 Å². The number of hydrogen-bond donors (Lipinski definition) is 1. The average molecular weight is 287 g/mol. The molecule has 21 heavy (non-hydrogen) atoms. The van der Waals surface area contributed by atoms with Gasteiger partial charge in [-0.25, -0.2) is 0 Å². The van der Waals surface area contributed by atoms with Crippen LogP contribution in [-0.4, -0.2) is 25.7 Å². The SMILES string of the molecule is O=C(/C=C/CCCc1ccccc1)NCC1CCOCC1. The van der Waals surface area contributed by atoms with Crippen LogP contribution in [0.15, 0.2) is 42.5 Å². The third kappa shape index (κ3) is 6.58. The van der Waals surface area contributed by atoms with E-state index in [-0.39, 0.29) is 5.91 Å². The highest BCUT2D eigenvalue weighted by Crippen LogP contribution is 2.13. The first-order valence-corrected chi connectivity index (χ1v) is 7.90. The maximum Gasteiger partial charge on any atom is 0.243 e. The molecule has 0 aromatic heterocycles. The fraction of sp³-hybridized carbons (Fsp3) is 0.500. The standard InChI is InChI=1S/C18H25NO2/c20-18(19-15-17-11-13-21-14-12-17)10-6-2-5-9-16-7-3-1-4-8-16/h1,3-4,6-8,10,17H,2,5,9,11-15H2,(H,19,20)/b10-6+. The van der Waals surface area contributed by atoms with Gasteiger partial charge < -0.3 is 10.1 Å². The van der Waals surface area contributed by atoms with E-state index in [9.17, 15) is 4.79 Å². The fourth-order valence-corrected chi connectivity index (χ4v) is 2.51. The number of carbonyl (C=O) groups is 1. The minimum atomic E-state index is 0.0289. The summed E-state index contributed by atoms with van der Waals surface area (Å²) in [5.41, 5.74) is 1.36. The zero-order valence-electron chi connectivity index (χ0n) is 12.6. The summed E-state index contributed by atoms with van der Waals surface area (Å²) in [4.78, 5) is 11.7. The molecular weight excluding hydrogens is 262 g/mol. The van der Waals surface area contributed by atoms with Crippen LogP contribution in [0.25, 0.3) is 0 Å². The van der Waals surface area contributed by atoms with Gasteiger partial charge in [-0.1, -0.05) is 36.4 Å². The fourth-order valence-electron chi connectivity index (χ4n) is 2.51. The van der Waals surface area contributed by atoms with E-state index in [1.165, 1.54) is 5.56 Å². The molecule has 0 bridgehead atoms. The predicted octanol–water partition coefficient (Wildman–Crippen LogP) is 3.11. The van der Waals surface area contributed by atoms with Crippen molar-refractivity contribution >= 4 is 5.91 Å². The number of carbonyl (C=O) groups excluding carboxylic acids is 1. The van der Waals surface area contributed by atoms with Gasteiger partial charge in [-0.15, -0.1) is 0 Å². The molecule has 1 fully saturated rings. The number of unbranched alkanes of at least 4 members (excludes halogenated alkanes) is 1. The lowest BCUT2D eigenvalue weighted by molar-refractivity contribution is -0.116. The van der Waals surface area contributed by atoms with E-state index >= 15 is 0 Å². The number of rotatable bonds is 7. The molecule has 0 unspecified atom stereocenters. The molecule has 1 aliphatic heterocycles. The molecule has 0 spiro atoms. The molecule has 1 aromatic rings. The molecule has 0 radical (unpaired) electrons. The van der Waals surface area contributed by atoms with Gasteiger partial charge in [0.15, 0.2) is 0 Å². The van der Waals surface area contributed by atoms with E-state index in [0.717, 1.165) is 51.9 Å². The Balaban J connectivity index is 1.55. The lowest BCUT2D eigenvalue weighted by Crippen LogP contribution is -2.31. The third-order valence-corrected chi connectivity index (χ3v) is 3.85. The van der Waals surface area contributed by atoms with Crippen molar-refractivity contribution in [1.82, 2.24) is 5.32 Å². The third-order valence-electron chi connectivity index (χ3n) is 3.85. The Kier molecular flexibility index (Phi) is 7.02. The summed E-state index contributed by atoms with van der Waals surface area (Å²) in [5, 5.41) is 2.98. The molecule has 1 heterocycles. The highest BCUT2D eigenvalue weighted by Gasteiger charge is 2.13. The van der Waals surface area contributed by atoms with Gasteiger partial charge in [0, 0.05) is 19.8 Å². The molecule has 0 aliphatic carbocycles. The number of benzene rings is 1. The Bertz CT molecular complexity index is 436. The highest BCUT2D eigenvalue weighted by atomic mass is 16.5. The van der Waals surface area contributed by atoms with Crippen molar-refractivity contribution in [3.05, 3.63) is 48.0 Å². The lowest BCUT2D eigenvalue weighted by Gasteiger charge is -2.21. The molecule has 1 aromatic carbocycles. The van der Waals surface area contributed by atoms with Crippen LogP contribution in [0.2, 0.25) is 0 Å². The van der Waals surface area contributed by atoms with Crippen LogP contribution in [0.5, 0.6) is 0 Å². The predicted molar refractivity (Wildman–Crippen MR) is 85.1 cm³/mol. The summed E-state index contributed by atoms with van der Waals surface area (Å²) in [6.07, 6.45) is 8.84. The second-order valence-electron chi connectivity index (χ2n) is 5.58. The maximum absolute atomic E-state index is 11.7. The van der Waals surface area contributed by atoms with Crippen molar-refractivity contribution in [2.24, 2.45) is 5.92 Å². The molecule has 1 amide bonds. The molecule has 0 atom stereocenters. The average Bonchev–Trinajstić information content (AvgIpc) is 2.54. The van der Waals surface area contributed by atoms with Crippen molar-refractivity contribution in [2.45, 2.75) is 32.1 Å². The van der Waals surface area contributed by atoms with Crippen molar-refractivity contribution in [1.29, 1.82) is 0 Å². The van der Waals surface area contributed by atoms with Gasteiger partial charge in [-0.3, -0.25) is 4.79 Å². The number of ether oxygens (including phenoxy) is 1. The number of amides is 1. The van der Waals surface area contributed by atoms with Crippen LogP contribution in [-0.2, 0) is 16.0 Å². The monoisotopic (exact) mass is 287 g/mol. The number of nitrogens with one attached hydrogen (secondary N) is 1. The molecule has 1 aliphatic rings. The van der Waals surface area contributed by atoms with Gasteiger partial charge in [-0.05, 0) is 49.7 Å². The molecule has 1 saturated heterocycles. The maximum atomic E-state index is 11.7. The van der Waals surface area contributed by atoms with E-state index in [4.69, 9.17) is 4.74 Å². The number of aryl methyl sites for hydroxylation is 1. The Morgan fingerprint density at radius 3 is 2.76 bits per heavy atom. The van der Waals surface area contributed by atoms with Crippen LogP contribution in [0.1, 0.15) is 31.2 Å². The topological polar surface area (TPSA) is 38.3 Å². The van der Waals surface area contributed by atoms with Crippen LogP contribution in [0.4, 0.5) is 0 Å². The van der Waals surface area contributed by atoms with Crippen LogP contribution in [0.3, 0.4) is 0 Å². The molecule has 3 nitrogen and oxygen atoms in total. The van der Waals surface area contributed by atoms with Crippen LogP contribution < -0.4 is 5.32 Å². The van der Waals surface area contributed by atoms with E-state index in [1.54, 1.807) is 6.08 Å². The first kappa shape index (κ1) is 15.8. The summed E-state index contributed by atoms with van der Waals surface area (Å²) in [6, 6.07) is 10.4. The van der Waals surface area contributed by atoms with Gasteiger partial charge in [-0.2, -0.15) is 0 Å². The summed E-state index contributed by atoms with van der Waals surface area (Å²) in [7, 11) is 0. The largest absolute Gasteiger partial charge is 0.381 e. The van der Waals surface area contributed by atoms with Crippen LogP contribution >= 0.6 is 0 Å². The van der Waals surface area contributed by atoms with E-state index in [0.29, 0.717) is 5.92 Å². The summed E-state index contributed by atoms with van der Waals surface area (Å²) >= 11 is 0. The Labute approximate surface area is 127 Å². The molecule has 0 saturated carbocycles. The van der Waals surface area contributed by atoms with Gasteiger partial charge >= 0.3 is 0 Å². The number of hydrogen-bond acceptors (Lipinski definition) is 2. The Hall–Kier alpha value is -1.61. The van der Waals surface area contributed by atoms with Gasteiger partial charge in [0.2, 0.25) is 5.91 Å². The van der Waals surface area contributed by atoms with E-state index in [2.05, 4.69) is 29.6 Å². The van der Waals surface area contributed by atoms with Crippen molar-refractivity contribution in [2.75, 3.05) is 19.8 Å². The molecule has 2 rings (SSSR count). The van der Waals surface area contributed by atoms with Gasteiger partial charge in [0.1, 0.15) is 0 Å². The first-order valence-electron chi connectivity index (χ1n) is 7.90. The Morgan fingerprint density at radius 1 is 1.24 bits per heavy atom. The molecule has 3 heteroatoms. The zero-order chi connectivity index (χ0) is 14.8. The minimum Gasteiger partial charge on any atom is -0.381 e. The van der Waals surface area contributed by atoms with Crippen molar-refractivity contribution < 1.29 is 9.53 Å². The second-order valence-corrected chi connectivity index (χ2v) is 5.58. The lowest BCUT2D eigenvalue weighted by atomic mass is 10.0. The molecular formula is C18H25NO2. The van der Waals surface area contributed by atoms with Gasteiger partial charge in [0.25, 0.3) is 0 Å². The molecule has 1 N–H and O–H groups in total. The second kappa shape index (κ2) is 9.35. The van der Waals surface area contributed by atoms with E-state index < -0.39 is 0 Å². The number of allylic oxidation sites excluding steroid dienone is 1. The van der Waals surface area contributed by atoms with Crippen molar-refractivity contribution in [3.8, 4) is 0 Å².